The Hall–Kier alpha value is -1.52. The lowest BCUT2D eigenvalue weighted by atomic mass is 10.1. The third kappa shape index (κ3) is 2.09. The van der Waals surface area contributed by atoms with Crippen LogP contribution in [0.4, 0.5) is 0 Å². The quantitative estimate of drug-likeness (QED) is 0.878. The highest BCUT2D eigenvalue weighted by Gasteiger charge is 2.33. The van der Waals surface area contributed by atoms with Gasteiger partial charge < -0.3 is 10.6 Å². The van der Waals surface area contributed by atoms with Crippen LogP contribution in [-0.4, -0.2) is 33.7 Å². The van der Waals surface area contributed by atoms with E-state index >= 15 is 0 Å². The normalized spacial score (nSPS) is 23.8. The lowest BCUT2D eigenvalue weighted by Gasteiger charge is -2.25. The van der Waals surface area contributed by atoms with Crippen LogP contribution < -0.4 is 5.73 Å². The number of nitrogens with zero attached hydrogens (tertiary/aromatic N) is 4. The topological polar surface area (TPSA) is 59.4 Å². The molecule has 0 amide bonds. The molecule has 1 aromatic rings. The summed E-state index contributed by atoms with van der Waals surface area (Å²) in [6, 6.07) is 0.688. The summed E-state index contributed by atoms with van der Waals surface area (Å²) >= 11 is 0. The summed E-state index contributed by atoms with van der Waals surface area (Å²) in [6.45, 7) is 6.09. The zero-order chi connectivity index (χ0) is 12.7. The number of aromatic nitrogens is 2. The van der Waals surface area contributed by atoms with Crippen molar-refractivity contribution in [2.45, 2.75) is 38.8 Å². The smallest absolute Gasteiger partial charge is 0.191 e. The molecule has 0 aromatic carbocycles. The molecule has 1 saturated carbocycles. The number of hydrogen-bond acceptors (Lipinski definition) is 4. The molecule has 1 atom stereocenters. The van der Waals surface area contributed by atoms with Crippen LogP contribution in [0.2, 0.25) is 0 Å². The Morgan fingerprint density at radius 1 is 1.44 bits per heavy atom. The Bertz CT molecular complexity index is 458. The third-order valence-corrected chi connectivity index (χ3v) is 3.78. The van der Waals surface area contributed by atoms with Crippen LogP contribution in [0.25, 0.3) is 0 Å². The summed E-state index contributed by atoms with van der Waals surface area (Å²) in [7, 11) is 0. The fourth-order valence-electron chi connectivity index (χ4n) is 2.42. The van der Waals surface area contributed by atoms with Crippen molar-refractivity contribution in [1.29, 1.82) is 0 Å². The van der Waals surface area contributed by atoms with Crippen molar-refractivity contribution in [3.8, 4) is 0 Å². The average molecular weight is 247 g/mol. The minimum atomic E-state index is 0.290. The first-order valence-electron chi connectivity index (χ1n) is 6.75. The standard InChI is InChI=1S/C13H21N5/c1-9(2)18-8-11(5-16-18)12-6-15-13(14)17(12)7-10-3-4-10/h5,8-10,12H,3-4,6-7H2,1-2H3,(H2,14,15). The molecular formula is C13H21N5. The molecule has 98 valence electrons. The van der Waals surface area contributed by atoms with E-state index < -0.39 is 0 Å². The van der Waals surface area contributed by atoms with Crippen molar-refractivity contribution in [2.75, 3.05) is 13.1 Å². The van der Waals surface area contributed by atoms with E-state index in [0.717, 1.165) is 19.0 Å². The van der Waals surface area contributed by atoms with E-state index in [0.29, 0.717) is 12.0 Å². The van der Waals surface area contributed by atoms with Gasteiger partial charge in [-0.1, -0.05) is 0 Å². The Balaban J connectivity index is 1.77. The van der Waals surface area contributed by atoms with E-state index in [2.05, 4.69) is 35.0 Å². The van der Waals surface area contributed by atoms with Crippen LogP contribution in [0.3, 0.4) is 0 Å². The molecule has 0 bridgehead atoms. The van der Waals surface area contributed by atoms with Crippen molar-refractivity contribution in [3.63, 3.8) is 0 Å². The van der Waals surface area contributed by atoms with Gasteiger partial charge in [-0.3, -0.25) is 9.67 Å². The summed E-state index contributed by atoms with van der Waals surface area (Å²) in [6.07, 6.45) is 6.76. The van der Waals surface area contributed by atoms with Crippen molar-refractivity contribution >= 4 is 5.96 Å². The number of hydrogen-bond donors (Lipinski definition) is 1. The maximum atomic E-state index is 6.00. The van der Waals surface area contributed by atoms with Gasteiger partial charge in [-0.25, -0.2) is 0 Å². The maximum Gasteiger partial charge on any atom is 0.191 e. The zero-order valence-corrected chi connectivity index (χ0v) is 11.1. The van der Waals surface area contributed by atoms with Gasteiger partial charge in [-0.05, 0) is 32.6 Å². The molecule has 5 nitrogen and oxygen atoms in total. The molecule has 0 saturated heterocycles. The summed E-state index contributed by atoms with van der Waals surface area (Å²) in [4.78, 5) is 6.64. The summed E-state index contributed by atoms with van der Waals surface area (Å²) in [5.41, 5.74) is 7.23. The number of guanidine groups is 1. The van der Waals surface area contributed by atoms with Crippen LogP contribution in [0.15, 0.2) is 17.4 Å². The van der Waals surface area contributed by atoms with E-state index in [1.165, 1.54) is 18.4 Å². The van der Waals surface area contributed by atoms with Crippen LogP contribution in [0.1, 0.15) is 44.3 Å². The SMILES string of the molecule is CC(C)n1cc(C2CN=C(N)N2CC2CC2)cn1. The number of aliphatic imine (C=N–C) groups is 1. The van der Waals surface area contributed by atoms with E-state index in [1.807, 2.05) is 10.9 Å². The fourth-order valence-corrected chi connectivity index (χ4v) is 2.42. The highest BCUT2D eigenvalue weighted by Crippen LogP contribution is 2.34. The molecule has 2 heterocycles. The van der Waals surface area contributed by atoms with Crippen molar-refractivity contribution < 1.29 is 0 Å². The van der Waals surface area contributed by atoms with E-state index in [4.69, 9.17) is 5.73 Å². The Morgan fingerprint density at radius 3 is 2.83 bits per heavy atom. The Labute approximate surface area is 108 Å². The summed E-state index contributed by atoms with van der Waals surface area (Å²) in [5.74, 6) is 1.52. The first-order chi connectivity index (χ1) is 8.65. The van der Waals surface area contributed by atoms with E-state index in [1.54, 1.807) is 0 Å². The molecule has 0 spiro atoms. The molecule has 0 radical (unpaired) electrons. The number of rotatable bonds is 4. The third-order valence-electron chi connectivity index (χ3n) is 3.78. The average Bonchev–Trinajstić information content (AvgIpc) is 2.87. The van der Waals surface area contributed by atoms with Crippen molar-refractivity contribution in [3.05, 3.63) is 18.0 Å². The Kier molecular flexibility index (Phi) is 2.76. The molecule has 1 aromatic heterocycles. The molecule has 18 heavy (non-hydrogen) atoms. The van der Waals surface area contributed by atoms with Crippen LogP contribution in [0.5, 0.6) is 0 Å². The molecule has 3 rings (SSSR count). The maximum absolute atomic E-state index is 6.00. The van der Waals surface area contributed by atoms with E-state index in [-0.39, 0.29) is 6.04 Å². The highest BCUT2D eigenvalue weighted by atomic mass is 15.3. The van der Waals surface area contributed by atoms with Gasteiger partial charge in [-0.15, -0.1) is 0 Å². The molecule has 1 aliphatic carbocycles. The fraction of sp³-hybridized carbons (Fsp3) is 0.692. The molecular weight excluding hydrogens is 226 g/mol. The lowest BCUT2D eigenvalue weighted by Crippen LogP contribution is -2.37. The van der Waals surface area contributed by atoms with Gasteiger partial charge in [0.25, 0.3) is 0 Å². The first kappa shape index (κ1) is 11.6. The van der Waals surface area contributed by atoms with Gasteiger partial charge in [0, 0.05) is 24.3 Å². The van der Waals surface area contributed by atoms with Crippen LogP contribution >= 0.6 is 0 Å². The Morgan fingerprint density at radius 2 is 2.22 bits per heavy atom. The molecule has 1 fully saturated rings. The summed E-state index contributed by atoms with van der Waals surface area (Å²) in [5, 5.41) is 4.41. The largest absolute Gasteiger partial charge is 0.370 e. The highest BCUT2D eigenvalue weighted by molar-refractivity contribution is 5.80. The lowest BCUT2D eigenvalue weighted by molar-refractivity contribution is 0.333. The molecule has 2 N–H and O–H groups in total. The van der Waals surface area contributed by atoms with Gasteiger partial charge in [0.05, 0.1) is 18.8 Å². The monoisotopic (exact) mass is 247 g/mol. The number of nitrogens with two attached hydrogens (primary N) is 1. The minimum Gasteiger partial charge on any atom is -0.370 e. The van der Waals surface area contributed by atoms with Crippen LogP contribution in [0, 0.1) is 5.92 Å². The molecule has 2 aliphatic rings. The van der Waals surface area contributed by atoms with Gasteiger partial charge in [0.2, 0.25) is 0 Å². The second-order valence-corrected chi connectivity index (χ2v) is 5.66. The van der Waals surface area contributed by atoms with Crippen molar-refractivity contribution in [1.82, 2.24) is 14.7 Å². The molecule has 5 heteroatoms. The second kappa shape index (κ2) is 4.30. The second-order valence-electron chi connectivity index (χ2n) is 5.66. The van der Waals surface area contributed by atoms with Gasteiger partial charge in [0.1, 0.15) is 0 Å². The molecule has 1 aliphatic heterocycles. The minimum absolute atomic E-state index is 0.290. The van der Waals surface area contributed by atoms with Gasteiger partial charge in [-0.2, -0.15) is 5.10 Å². The zero-order valence-electron chi connectivity index (χ0n) is 11.1. The van der Waals surface area contributed by atoms with Crippen molar-refractivity contribution in [2.24, 2.45) is 16.6 Å². The van der Waals surface area contributed by atoms with Crippen LogP contribution in [-0.2, 0) is 0 Å². The first-order valence-corrected chi connectivity index (χ1v) is 6.75. The van der Waals surface area contributed by atoms with E-state index in [9.17, 15) is 0 Å². The predicted molar refractivity (Wildman–Crippen MR) is 71.3 cm³/mol. The van der Waals surface area contributed by atoms with Gasteiger partial charge >= 0.3 is 0 Å². The summed E-state index contributed by atoms with van der Waals surface area (Å²) < 4.78 is 2.00. The molecule has 1 unspecified atom stereocenters. The van der Waals surface area contributed by atoms with Gasteiger partial charge in [0.15, 0.2) is 5.96 Å². The predicted octanol–water partition coefficient (Wildman–Crippen LogP) is 1.55.